The summed E-state index contributed by atoms with van der Waals surface area (Å²) in [7, 11) is -3.85. The molecule has 178 valence electrons. The first-order valence-corrected chi connectivity index (χ1v) is 12.1. The zero-order valence-electron chi connectivity index (χ0n) is 18.4. The highest BCUT2D eigenvalue weighted by Gasteiger charge is 2.28. The summed E-state index contributed by atoms with van der Waals surface area (Å²) in [4.78, 5) is 41.7. The van der Waals surface area contributed by atoms with Gasteiger partial charge in [-0.25, -0.2) is 18.4 Å². The lowest BCUT2D eigenvalue weighted by molar-refractivity contribution is -0.151. The maximum atomic E-state index is 12.8. The predicted octanol–water partition coefficient (Wildman–Crippen LogP) is 0.995. The predicted molar refractivity (Wildman–Crippen MR) is 124 cm³/mol. The second-order valence-corrected chi connectivity index (χ2v) is 9.62. The van der Waals surface area contributed by atoms with Crippen LogP contribution >= 0.6 is 0 Å². The van der Waals surface area contributed by atoms with E-state index in [0.717, 1.165) is 16.5 Å². The largest absolute Gasteiger partial charge is 0.454 e. The quantitative estimate of drug-likeness (QED) is 0.426. The minimum Gasteiger partial charge on any atom is -0.454 e. The Bertz CT molecular complexity index is 1380. The van der Waals surface area contributed by atoms with Crippen molar-refractivity contribution < 1.29 is 27.5 Å². The molecule has 3 aromatic rings. The van der Waals surface area contributed by atoms with Gasteiger partial charge in [-0.3, -0.25) is 9.59 Å². The number of para-hydroxylation sites is 1. The van der Waals surface area contributed by atoms with Gasteiger partial charge in [-0.1, -0.05) is 18.2 Å². The molecule has 11 heteroatoms. The lowest BCUT2D eigenvalue weighted by Gasteiger charge is -2.20. The molecule has 4 N–H and O–H groups in total. The Labute approximate surface area is 196 Å². The number of H-pyrrole nitrogens is 1. The number of amides is 2. The molecular formula is C23H24N4O6S. The van der Waals surface area contributed by atoms with Crippen molar-refractivity contribution in [1.82, 2.24) is 10.3 Å². The molecule has 0 fully saturated rings. The number of rotatable bonds is 7. The third-order valence-electron chi connectivity index (χ3n) is 5.67. The number of nitrogens with zero attached hydrogens (tertiary/aromatic N) is 1. The maximum absolute atomic E-state index is 12.8. The molecule has 0 spiro atoms. The van der Waals surface area contributed by atoms with E-state index in [-0.39, 0.29) is 11.3 Å². The molecule has 0 saturated heterocycles. The molecule has 1 aliphatic rings. The third-order valence-corrected chi connectivity index (χ3v) is 6.59. The Morgan fingerprint density at radius 3 is 2.71 bits per heavy atom. The normalized spacial score (nSPS) is 14.0. The van der Waals surface area contributed by atoms with Crippen LogP contribution in [-0.2, 0) is 42.0 Å². The van der Waals surface area contributed by atoms with Gasteiger partial charge in [0.25, 0.3) is 5.91 Å². The van der Waals surface area contributed by atoms with Gasteiger partial charge in [-0.2, -0.15) is 0 Å². The van der Waals surface area contributed by atoms with Crippen molar-refractivity contribution in [3.8, 4) is 0 Å². The van der Waals surface area contributed by atoms with Crippen molar-refractivity contribution in [2.75, 3.05) is 18.1 Å². The van der Waals surface area contributed by atoms with Gasteiger partial charge in [-0.05, 0) is 41.8 Å². The Morgan fingerprint density at radius 2 is 1.97 bits per heavy atom. The number of carbonyl (C=O) groups excluding carboxylic acids is 3. The monoisotopic (exact) mass is 484 g/mol. The van der Waals surface area contributed by atoms with Crippen LogP contribution in [0.5, 0.6) is 0 Å². The molecule has 0 unspecified atom stereocenters. The number of primary sulfonamides is 1. The Kier molecular flexibility index (Phi) is 6.40. The number of fused-ring (bicyclic) bond motifs is 2. The van der Waals surface area contributed by atoms with Crippen LogP contribution in [0.1, 0.15) is 18.1 Å². The number of nitrogens with one attached hydrogen (secondary N) is 2. The number of esters is 1. The Hall–Kier alpha value is -3.70. The van der Waals surface area contributed by atoms with Gasteiger partial charge in [0, 0.05) is 42.7 Å². The number of carbonyl (C=O) groups is 3. The van der Waals surface area contributed by atoms with Crippen LogP contribution < -0.4 is 15.4 Å². The van der Waals surface area contributed by atoms with Crippen molar-refractivity contribution in [3.63, 3.8) is 0 Å². The minimum absolute atomic E-state index is 0.0255. The number of sulfonamides is 1. The minimum atomic E-state index is -3.85. The molecule has 0 saturated carbocycles. The Balaban J connectivity index is 1.43. The summed E-state index contributed by atoms with van der Waals surface area (Å²) in [6.07, 6.45) is 2.42. The fourth-order valence-corrected chi connectivity index (χ4v) is 4.65. The summed E-state index contributed by atoms with van der Waals surface area (Å²) in [5, 5.41) is 8.69. The SMILES string of the molecule is CC(=O)N[C@@H](Cc1c[nH]c2ccccc12)C(=O)OCC(=O)N1CCc2cc(S(N)(=O)=O)ccc21. The number of nitrogens with two attached hydrogens (primary N) is 1. The molecule has 1 aromatic heterocycles. The molecule has 4 rings (SSSR count). The molecular weight excluding hydrogens is 460 g/mol. The zero-order valence-corrected chi connectivity index (χ0v) is 19.2. The molecule has 2 aromatic carbocycles. The summed E-state index contributed by atoms with van der Waals surface area (Å²) in [5.74, 6) is -1.57. The highest BCUT2D eigenvalue weighted by Crippen LogP contribution is 2.30. The van der Waals surface area contributed by atoms with Gasteiger partial charge in [0.15, 0.2) is 6.61 Å². The average molecular weight is 485 g/mol. The molecule has 0 radical (unpaired) electrons. The molecule has 1 atom stereocenters. The molecule has 10 nitrogen and oxygen atoms in total. The Morgan fingerprint density at radius 1 is 1.21 bits per heavy atom. The standard InChI is InChI=1S/C23H24N4O6S/c1-14(28)26-20(11-16-12-25-19-5-3-2-4-18(16)19)23(30)33-13-22(29)27-9-8-15-10-17(34(24,31)32)6-7-21(15)27/h2-7,10,12,20,25H,8-9,11,13H2,1H3,(H,26,28)(H2,24,31,32)/t20-/m0/s1. The van der Waals surface area contributed by atoms with Gasteiger partial charge in [0.2, 0.25) is 15.9 Å². The number of hydrogen-bond acceptors (Lipinski definition) is 6. The van der Waals surface area contributed by atoms with Crippen LogP contribution in [0.25, 0.3) is 10.9 Å². The lowest BCUT2D eigenvalue weighted by atomic mass is 10.0. The number of ether oxygens (including phenoxy) is 1. The van der Waals surface area contributed by atoms with E-state index in [1.165, 1.54) is 30.0 Å². The van der Waals surface area contributed by atoms with Gasteiger partial charge in [0.05, 0.1) is 4.90 Å². The van der Waals surface area contributed by atoms with Gasteiger partial charge >= 0.3 is 5.97 Å². The van der Waals surface area contributed by atoms with Crippen LogP contribution in [-0.4, -0.2) is 50.4 Å². The smallest absolute Gasteiger partial charge is 0.329 e. The first kappa shape index (κ1) is 23.5. The third kappa shape index (κ3) is 4.95. The van der Waals surface area contributed by atoms with Crippen LogP contribution in [0, 0.1) is 0 Å². The molecule has 34 heavy (non-hydrogen) atoms. The first-order valence-electron chi connectivity index (χ1n) is 10.6. The molecule has 2 heterocycles. The van der Waals surface area contributed by atoms with E-state index in [1.807, 2.05) is 24.3 Å². The fourth-order valence-electron chi connectivity index (χ4n) is 4.08. The summed E-state index contributed by atoms with van der Waals surface area (Å²) in [6, 6.07) is 10.9. The average Bonchev–Trinajstić information content (AvgIpc) is 3.40. The van der Waals surface area contributed by atoms with Crippen molar-refractivity contribution in [3.05, 3.63) is 59.8 Å². The van der Waals surface area contributed by atoms with Crippen LogP contribution in [0.3, 0.4) is 0 Å². The highest BCUT2D eigenvalue weighted by atomic mass is 32.2. The number of benzene rings is 2. The molecule has 0 aliphatic carbocycles. The second kappa shape index (κ2) is 9.27. The van der Waals surface area contributed by atoms with Gasteiger partial charge in [-0.15, -0.1) is 0 Å². The first-order chi connectivity index (χ1) is 16.1. The second-order valence-electron chi connectivity index (χ2n) is 8.06. The number of anilines is 1. The number of aromatic amines is 1. The van der Waals surface area contributed by atoms with E-state index in [0.29, 0.717) is 24.2 Å². The van der Waals surface area contributed by atoms with Crippen molar-refractivity contribution >= 4 is 44.4 Å². The van der Waals surface area contributed by atoms with E-state index >= 15 is 0 Å². The van der Waals surface area contributed by atoms with E-state index in [1.54, 1.807) is 6.20 Å². The highest BCUT2D eigenvalue weighted by molar-refractivity contribution is 7.89. The van der Waals surface area contributed by atoms with Crippen molar-refractivity contribution in [1.29, 1.82) is 0 Å². The lowest BCUT2D eigenvalue weighted by Crippen LogP contribution is -2.43. The summed E-state index contributed by atoms with van der Waals surface area (Å²) in [5.41, 5.74) is 2.95. The summed E-state index contributed by atoms with van der Waals surface area (Å²) >= 11 is 0. The van der Waals surface area contributed by atoms with Crippen LogP contribution in [0.15, 0.2) is 53.6 Å². The van der Waals surface area contributed by atoms with Gasteiger partial charge < -0.3 is 19.9 Å². The zero-order chi connectivity index (χ0) is 24.5. The number of aromatic nitrogens is 1. The molecule has 1 aliphatic heterocycles. The van der Waals surface area contributed by atoms with Crippen LogP contribution in [0.4, 0.5) is 5.69 Å². The van der Waals surface area contributed by atoms with Gasteiger partial charge in [0.1, 0.15) is 6.04 Å². The van der Waals surface area contributed by atoms with E-state index < -0.39 is 40.5 Å². The maximum Gasteiger partial charge on any atom is 0.329 e. The summed E-state index contributed by atoms with van der Waals surface area (Å²) < 4.78 is 28.4. The van der Waals surface area contributed by atoms with Crippen molar-refractivity contribution in [2.24, 2.45) is 5.14 Å². The fraction of sp³-hybridized carbons (Fsp3) is 0.261. The summed E-state index contributed by atoms with van der Waals surface area (Å²) in [6.45, 7) is 1.11. The van der Waals surface area contributed by atoms with E-state index in [2.05, 4.69) is 10.3 Å². The van der Waals surface area contributed by atoms with Crippen LogP contribution in [0.2, 0.25) is 0 Å². The molecule has 0 bridgehead atoms. The topological polar surface area (TPSA) is 152 Å². The van der Waals surface area contributed by atoms with E-state index in [9.17, 15) is 22.8 Å². The van der Waals surface area contributed by atoms with Crippen molar-refractivity contribution in [2.45, 2.75) is 30.7 Å². The van der Waals surface area contributed by atoms with E-state index in [4.69, 9.17) is 9.88 Å². The molecule has 2 amide bonds. The number of hydrogen-bond donors (Lipinski definition) is 3.